The molecule has 99 heavy (non-hydrogen) atoms. The van der Waals surface area contributed by atoms with Crippen LogP contribution >= 0.6 is 0 Å². The van der Waals surface area contributed by atoms with Gasteiger partial charge in [0.15, 0.2) is 0 Å². The fourth-order valence-electron chi connectivity index (χ4n) is 13.0. The molecule has 10 heterocycles. The van der Waals surface area contributed by atoms with Crippen LogP contribution < -0.4 is 31.9 Å². The van der Waals surface area contributed by atoms with Crippen molar-refractivity contribution in [3.63, 3.8) is 0 Å². The average molecular weight is 1530 g/mol. The molecule has 526 valence electrons. The number of aromatic amines is 4. The van der Waals surface area contributed by atoms with Crippen molar-refractivity contribution >= 4 is 124 Å². The molecule has 0 spiro atoms. The zero-order valence-corrected chi connectivity index (χ0v) is 62.0. The largest absolute Gasteiger partial charge is 4.00 e. The Bertz CT molecular complexity index is 4360. The Hall–Kier alpha value is -9.37. The topological polar surface area (TPSA) is 368 Å². The number of hydrogen-bond acceptors (Lipinski definition) is 16. The molecule has 22 nitrogen and oxygen atoms in total. The number of nitrogens with one attached hydrogen (secondary N) is 4. The molecule has 23 heteroatoms. The van der Waals surface area contributed by atoms with E-state index < -0.39 is 23.9 Å². The number of likely N-dealkylation sites (N-methyl/N-ethyl adjacent to an activating group) is 2. The number of aliphatic carboxylic acids is 4. The number of amides is 2. The van der Waals surface area contributed by atoms with E-state index in [2.05, 4.69) is 87.5 Å². The number of nitrogens with two attached hydrogens (primary N) is 2. The van der Waals surface area contributed by atoms with Gasteiger partial charge in [0.1, 0.15) is 0 Å². The molecular formula is C76H92N12O10Pt. The summed E-state index contributed by atoms with van der Waals surface area (Å²) in [5.41, 5.74) is 39.5. The number of aryl methyl sites for hydroxylation is 8. The van der Waals surface area contributed by atoms with Crippen LogP contribution in [0.3, 0.4) is 0 Å². The van der Waals surface area contributed by atoms with E-state index in [0.29, 0.717) is 24.5 Å². The molecule has 0 atom stereocenters. The third-order valence-corrected chi connectivity index (χ3v) is 18.3. The van der Waals surface area contributed by atoms with Gasteiger partial charge in [-0.15, -0.1) is 0 Å². The van der Waals surface area contributed by atoms with Crippen molar-refractivity contribution in [2.45, 2.75) is 160 Å². The number of allylic oxidation sites excluding steroid dienone is 8. The zero-order valence-electron chi connectivity index (χ0n) is 59.8. The SMILES string of the molecule is CCC1=C(C)c2cc3[nH]c(cc4nc(cc5[nH]c(cc1n2)c(C)c5CCC(=O)[O-])C(CCC(=O)[O-])=C4C)c(C)c3CC.CCC1=C(C)c2cc3[nH]c(cc4nc(cc5[nH]c(cc1n2)c(C)c5CCC(=O)[O-])C(CCC(=O)[O-])=C4C)c(C)c3CC.CN(C)CC(N)=O.CN(C)CC(N)=O.[Pt+4]. The number of H-pyrrole nitrogens is 4. The van der Waals surface area contributed by atoms with Gasteiger partial charge in [-0.3, -0.25) is 9.59 Å². The normalized spacial score (nSPS) is 12.6. The van der Waals surface area contributed by atoms with Gasteiger partial charge in [0, 0.05) is 68.0 Å². The second-order valence-electron chi connectivity index (χ2n) is 25.6. The van der Waals surface area contributed by atoms with Gasteiger partial charge < -0.3 is 80.8 Å². The second-order valence-corrected chi connectivity index (χ2v) is 25.6. The van der Waals surface area contributed by atoms with E-state index in [1.54, 1.807) is 38.0 Å². The maximum absolute atomic E-state index is 11.4. The summed E-state index contributed by atoms with van der Waals surface area (Å²) in [6.45, 7) is 25.5. The molecule has 6 aromatic heterocycles. The number of carboxylic acid groups (broad SMARTS) is 4. The quantitative estimate of drug-likeness (QED) is 0.0421. The van der Waals surface area contributed by atoms with Crippen molar-refractivity contribution in [2.75, 3.05) is 41.3 Å². The van der Waals surface area contributed by atoms with Gasteiger partial charge in [-0.2, -0.15) is 0 Å². The molecule has 0 fully saturated rings. The molecule has 2 amide bonds. The molecule has 10 rings (SSSR count). The third-order valence-electron chi connectivity index (χ3n) is 18.3. The van der Waals surface area contributed by atoms with Crippen molar-refractivity contribution in [3.8, 4) is 0 Å². The van der Waals surface area contributed by atoms with Crippen LogP contribution in [0.1, 0.15) is 197 Å². The molecule has 0 aliphatic carbocycles. The molecule has 0 saturated heterocycles. The Kier molecular flexibility index (Phi) is 27.3. The molecule has 4 aliphatic heterocycles. The number of primary amides is 2. The summed E-state index contributed by atoms with van der Waals surface area (Å²) in [4.78, 5) is 103. The number of fused-ring (bicyclic) bond motifs is 16. The minimum absolute atomic E-state index is 0. The summed E-state index contributed by atoms with van der Waals surface area (Å²) in [5, 5.41) is 45.7. The van der Waals surface area contributed by atoms with E-state index in [1.807, 2.05) is 64.1 Å². The third kappa shape index (κ3) is 19.1. The maximum atomic E-state index is 11.4. The zero-order chi connectivity index (χ0) is 72.3. The summed E-state index contributed by atoms with van der Waals surface area (Å²) < 4.78 is 0. The molecular weight excluding hydrogens is 1440 g/mol. The minimum atomic E-state index is -1.12. The molecule has 16 bridgehead atoms. The van der Waals surface area contributed by atoms with Crippen molar-refractivity contribution in [1.29, 1.82) is 0 Å². The van der Waals surface area contributed by atoms with Gasteiger partial charge in [0.05, 0.1) is 58.6 Å². The number of aromatic nitrogens is 8. The number of carboxylic acids is 4. The number of carbonyl (C=O) groups excluding carboxylic acids is 6. The second kappa shape index (κ2) is 34.4. The number of rotatable bonds is 20. The Morgan fingerprint density at radius 1 is 0.343 bits per heavy atom. The Morgan fingerprint density at radius 3 is 0.808 bits per heavy atom. The van der Waals surface area contributed by atoms with Crippen LogP contribution in [0.25, 0.3) is 88.7 Å². The molecule has 0 radical (unpaired) electrons. The van der Waals surface area contributed by atoms with Crippen LogP contribution in [-0.4, -0.2) is 127 Å². The number of hydrogen-bond donors (Lipinski definition) is 6. The first-order valence-electron chi connectivity index (χ1n) is 33.2. The van der Waals surface area contributed by atoms with Crippen molar-refractivity contribution in [2.24, 2.45) is 11.5 Å². The molecule has 8 N–H and O–H groups in total. The summed E-state index contributed by atoms with van der Waals surface area (Å²) in [6.07, 6.45) is 3.96. The van der Waals surface area contributed by atoms with E-state index >= 15 is 0 Å². The van der Waals surface area contributed by atoms with E-state index in [1.165, 1.54) is 11.1 Å². The van der Waals surface area contributed by atoms with Gasteiger partial charge >= 0.3 is 21.1 Å². The summed E-state index contributed by atoms with van der Waals surface area (Å²) in [6, 6.07) is 16.2. The van der Waals surface area contributed by atoms with Crippen LogP contribution in [0.2, 0.25) is 0 Å². The molecule has 4 aliphatic rings. The van der Waals surface area contributed by atoms with Gasteiger partial charge in [-0.1, -0.05) is 27.7 Å². The molecule has 0 unspecified atom stereocenters. The van der Waals surface area contributed by atoms with Gasteiger partial charge in [-0.25, -0.2) is 19.9 Å². The first-order chi connectivity index (χ1) is 46.3. The van der Waals surface area contributed by atoms with Crippen LogP contribution in [0.5, 0.6) is 0 Å². The average Bonchev–Trinajstić information content (AvgIpc) is 1.63. The molecule has 0 saturated carbocycles. The fourth-order valence-corrected chi connectivity index (χ4v) is 13.0. The van der Waals surface area contributed by atoms with E-state index in [9.17, 15) is 49.2 Å². The smallest absolute Gasteiger partial charge is 0.550 e. The fraction of sp³-hybridized carbons (Fsp3) is 0.395. The van der Waals surface area contributed by atoms with Crippen molar-refractivity contribution in [3.05, 3.63) is 139 Å². The van der Waals surface area contributed by atoms with Crippen LogP contribution in [0.4, 0.5) is 0 Å². The van der Waals surface area contributed by atoms with Crippen molar-refractivity contribution in [1.82, 2.24) is 49.7 Å². The number of nitrogens with zero attached hydrogens (tertiary/aromatic N) is 6. The Morgan fingerprint density at radius 2 is 0.566 bits per heavy atom. The monoisotopic (exact) mass is 1530 g/mol. The van der Waals surface area contributed by atoms with Crippen LogP contribution in [0.15, 0.2) is 48.5 Å². The van der Waals surface area contributed by atoms with Crippen LogP contribution in [0, 0.1) is 27.7 Å². The van der Waals surface area contributed by atoms with Gasteiger partial charge in [0.25, 0.3) is 0 Å². The summed E-state index contributed by atoms with van der Waals surface area (Å²) in [5.74, 6) is -5.05. The minimum Gasteiger partial charge on any atom is -0.550 e. The van der Waals surface area contributed by atoms with E-state index in [0.717, 1.165) is 182 Å². The number of carbonyl (C=O) groups is 6. The maximum Gasteiger partial charge on any atom is 4.00 e. The van der Waals surface area contributed by atoms with E-state index in [-0.39, 0.29) is 84.2 Å². The Balaban J connectivity index is 0.000000259. The van der Waals surface area contributed by atoms with Crippen molar-refractivity contribution < 1.29 is 70.3 Å². The van der Waals surface area contributed by atoms with E-state index in [4.69, 9.17) is 31.4 Å². The Labute approximate surface area is 592 Å². The van der Waals surface area contributed by atoms with Gasteiger partial charge in [-0.05, 0) is 298 Å². The summed E-state index contributed by atoms with van der Waals surface area (Å²) in [7, 11) is 7.19. The van der Waals surface area contributed by atoms with Crippen LogP contribution in [-0.2, 0) is 75.5 Å². The predicted octanol–water partition coefficient (Wildman–Crippen LogP) is 8.02. The molecule has 0 aromatic carbocycles. The predicted molar refractivity (Wildman–Crippen MR) is 381 cm³/mol. The summed E-state index contributed by atoms with van der Waals surface area (Å²) >= 11 is 0. The molecule has 6 aromatic rings. The standard InChI is InChI=1S/2C34H38N4O4.2C4H10N2O.Pt/c2*1-7-21-17(3)25-13-26-19(5)23(9-11-33(39)40)31(37-26)16-32-24(10-12-34(41)42)20(6)28(38-32)15-30-22(8-2)18(4)27(36-30)14-29(21)35-25;2*1-6(2)3-4(5)7;/h2*13-16,35,38H,7-12H2,1-6H3,(H,39,40)(H,41,42);2*3H2,1-2H3,(H2,5,7);/q;;;;+4/p-4. The van der Waals surface area contributed by atoms with Gasteiger partial charge in [0.2, 0.25) is 11.8 Å². The first-order valence-corrected chi connectivity index (χ1v) is 33.2. The first kappa shape index (κ1) is 78.6.